The number of ether oxygens (including phenoxy) is 3. The molecule has 320 valence electrons. The molecule has 1 saturated carbocycles. The zero-order chi connectivity index (χ0) is 44.1. The minimum atomic E-state index is -4.33. The average molecular weight is 852 g/mol. The number of nitrogens with zero attached hydrogens (tertiary/aromatic N) is 3. The van der Waals surface area contributed by atoms with Crippen LogP contribution in [0.25, 0.3) is 22.2 Å². The number of pyridine rings is 1. The molecule has 2 fully saturated rings. The summed E-state index contributed by atoms with van der Waals surface area (Å²) in [4.78, 5) is 65.0. The van der Waals surface area contributed by atoms with Crippen molar-refractivity contribution in [1.29, 1.82) is 0 Å². The summed E-state index contributed by atoms with van der Waals surface area (Å²) in [5, 5.41) is 18.8. The minimum absolute atomic E-state index is 0.0257. The van der Waals surface area contributed by atoms with E-state index in [-0.39, 0.29) is 24.3 Å². The maximum Gasteiger partial charge on any atom is 0.264 e. The van der Waals surface area contributed by atoms with Gasteiger partial charge in [-0.15, -0.1) is 6.58 Å². The van der Waals surface area contributed by atoms with Gasteiger partial charge in [0.15, 0.2) is 0 Å². The fourth-order valence-electron chi connectivity index (χ4n) is 6.99. The first kappa shape index (κ1) is 43.8. The summed E-state index contributed by atoms with van der Waals surface area (Å²) < 4.78 is 45.9. The molecule has 1 aliphatic carbocycles. The number of rotatable bonds is 15. The largest absolute Gasteiger partial charge is 0.595 e. The van der Waals surface area contributed by atoms with Crippen LogP contribution in [0.15, 0.2) is 120 Å². The SMILES string of the molecule is C=CC(=O)NC[C@@H](N=C([O-])OC(C)(C)C)C(=O)N1C[C@H](Oc2cc(-c3ccccc3)nc3cc(OC)ccc23)C[C@H]1C(=O)N[C@]1(C(=O)NS(=O)(=O)c2ccccc2)C[C@H]1C=C. The molecule has 4 amide bonds. The monoisotopic (exact) mass is 851 g/mol. The summed E-state index contributed by atoms with van der Waals surface area (Å²) in [7, 11) is -2.80. The summed E-state index contributed by atoms with van der Waals surface area (Å²) in [5.41, 5.74) is -0.776. The van der Waals surface area contributed by atoms with Gasteiger partial charge in [-0.2, -0.15) is 0 Å². The van der Waals surface area contributed by atoms with Crippen molar-refractivity contribution in [2.75, 3.05) is 20.2 Å². The van der Waals surface area contributed by atoms with Gasteiger partial charge < -0.3 is 34.9 Å². The van der Waals surface area contributed by atoms with Crippen molar-refractivity contribution in [1.82, 2.24) is 25.2 Å². The Bertz CT molecular complexity index is 2470. The van der Waals surface area contributed by atoms with E-state index < -0.39 is 81.5 Å². The van der Waals surface area contributed by atoms with Crippen molar-refractivity contribution >= 4 is 50.6 Å². The molecule has 0 bridgehead atoms. The number of sulfonamides is 1. The first-order chi connectivity index (χ1) is 29.0. The molecular weight excluding hydrogens is 805 g/mol. The molecule has 4 aromatic rings. The Hall–Kier alpha value is -6.75. The number of methoxy groups -OCH3 is 1. The molecule has 17 heteroatoms. The average Bonchev–Trinajstić information content (AvgIpc) is 3.80. The molecular formula is C44H47N6O10S-. The van der Waals surface area contributed by atoms with Crippen LogP contribution in [-0.4, -0.2) is 97.5 Å². The van der Waals surface area contributed by atoms with Crippen LogP contribution in [0, 0.1) is 5.92 Å². The number of aliphatic imine (C=N–C) groups is 1. The fourth-order valence-corrected chi connectivity index (χ4v) is 8.04. The molecule has 2 heterocycles. The van der Waals surface area contributed by atoms with Crippen molar-refractivity contribution in [2.24, 2.45) is 10.9 Å². The van der Waals surface area contributed by atoms with Gasteiger partial charge in [-0.05, 0) is 36.8 Å². The smallest absolute Gasteiger partial charge is 0.264 e. The number of likely N-dealkylation sites (tertiary alicyclic amines) is 1. The van der Waals surface area contributed by atoms with Crippen molar-refractivity contribution in [3.8, 4) is 22.8 Å². The summed E-state index contributed by atoms with van der Waals surface area (Å²) >= 11 is 0. The highest BCUT2D eigenvalue weighted by molar-refractivity contribution is 7.90. The number of amides is 4. The quantitative estimate of drug-likeness (QED) is 0.0684. The van der Waals surface area contributed by atoms with Crippen LogP contribution in [-0.2, 0) is 33.9 Å². The van der Waals surface area contributed by atoms with Crippen LogP contribution < -0.4 is 29.9 Å². The van der Waals surface area contributed by atoms with Crippen LogP contribution in [0.3, 0.4) is 0 Å². The molecule has 2 aliphatic rings. The van der Waals surface area contributed by atoms with Crippen LogP contribution in [0.1, 0.15) is 33.6 Å². The fraction of sp³-hybridized carbons (Fsp3) is 0.318. The van der Waals surface area contributed by atoms with E-state index in [9.17, 15) is 32.7 Å². The Labute approximate surface area is 353 Å². The maximum atomic E-state index is 14.6. The standard InChI is InChI=1S/C44H48N6O10S/c1-7-28-24-44(28,41(54)49-61(56,57)31-17-13-10-14-18-31)48-39(52)36-22-30(26-50(36)40(53)35(25-45-38(51)8-2)47-42(55)60-43(3,4)5)59-37-23-33(27-15-11-9-12-16-27)46-34-21-29(58-6)19-20-32(34)37/h7-21,23,28,30,35-36H,1-2,22,24-26H2,3-6H3,(H,45,51)(H,47,55)(H,48,52)(H,49,54)/p-1/t28-,30-,35-,36+,44-/m1/s1. The van der Waals surface area contributed by atoms with Gasteiger partial charge in [0.1, 0.15) is 41.3 Å². The molecule has 6 rings (SSSR count). The highest BCUT2D eigenvalue weighted by Gasteiger charge is 2.61. The van der Waals surface area contributed by atoms with Gasteiger partial charge in [-0.3, -0.25) is 24.2 Å². The normalized spacial score (nSPS) is 20.5. The lowest BCUT2D eigenvalue weighted by Gasteiger charge is -2.31. The number of benzene rings is 3. The first-order valence-electron chi connectivity index (χ1n) is 19.4. The van der Waals surface area contributed by atoms with E-state index in [1.54, 1.807) is 51.1 Å². The molecule has 3 aromatic carbocycles. The zero-order valence-electron chi connectivity index (χ0n) is 34.1. The number of fused-ring (bicyclic) bond motifs is 1. The van der Waals surface area contributed by atoms with Crippen molar-refractivity contribution in [3.63, 3.8) is 0 Å². The Kier molecular flexibility index (Phi) is 12.8. The van der Waals surface area contributed by atoms with Gasteiger partial charge in [0, 0.05) is 47.6 Å². The molecule has 1 saturated heterocycles. The number of hydrogen-bond acceptors (Lipinski definition) is 12. The van der Waals surface area contributed by atoms with Crippen LogP contribution in [0.5, 0.6) is 11.5 Å². The van der Waals surface area contributed by atoms with Gasteiger partial charge in [0.25, 0.3) is 15.9 Å². The van der Waals surface area contributed by atoms with Crippen molar-refractivity contribution < 1.29 is 46.9 Å². The Balaban J connectivity index is 1.36. The number of hydrogen-bond donors (Lipinski definition) is 3. The van der Waals surface area contributed by atoms with E-state index in [1.165, 1.54) is 42.4 Å². The van der Waals surface area contributed by atoms with E-state index >= 15 is 0 Å². The lowest BCUT2D eigenvalue weighted by atomic mass is 10.1. The second kappa shape index (κ2) is 17.8. The van der Waals surface area contributed by atoms with Gasteiger partial charge in [-0.1, -0.05) is 82.0 Å². The molecule has 5 atom stereocenters. The van der Waals surface area contributed by atoms with Crippen LogP contribution >= 0.6 is 0 Å². The third kappa shape index (κ3) is 10.2. The van der Waals surface area contributed by atoms with Gasteiger partial charge in [0.05, 0.1) is 29.8 Å². The maximum absolute atomic E-state index is 14.6. The second-order valence-electron chi connectivity index (χ2n) is 15.6. The first-order valence-corrected chi connectivity index (χ1v) is 20.9. The Morgan fingerprint density at radius 2 is 1.72 bits per heavy atom. The highest BCUT2D eigenvalue weighted by atomic mass is 32.2. The Morgan fingerprint density at radius 1 is 1.03 bits per heavy atom. The van der Waals surface area contributed by atoms with E-state index in [1.807, 2.05) is 30.3 Å². The lowest BCUT2D eigenvalue weighted by molar-refractivity contribution is -0.261. The van der Waals surface area contributed by atoms with Gasteiger partial charge >= 0.3 is 0 Å². The van der Waals surface area contributed by atoms with Crippen molar-refractivity contribution in [2.45, 2.75) is 67.8 Å². The summed E-state index contributed by atoms with van der Waals surface area (Å²) in [6.07, 6.45) is 0.383. The zero-order valence-corrected chi connectivity index (χ0v) is 34.9. The topological polar surface area (TPSA) is 218 Å². The summed E-state index contributed by atoms with van der Waals surface area (Å²) in [6, 6.07) is 20.8. The number of carbonyl (C=O) groups excluding carboxylic acids is 4. The minimum Gasteiger partial charge on any atom is -0.595 e. The second-order valence-corrected chi connectivity index (χ2v) is 17.2. The molecule has 0 spiro atoms. The molecule has 1 aliphatic heterocycles. The molecule has 16 nitrogen and oxygen atoms in total. The third-order valence-electron chi connectivity index (χ3n) is 10.1. The van der Waals surface area contributed by atoms with Crippen LogP contribution in [0.4, 0.5) is 0 Å². The van der Waals surface area contributed by atoms with E-state index in [4.69, 9.17) is 19.2 Å². The van der Waals surface area contributed by atoms with E-state index in [0.29, 0.717) is 28.1 Å². The molecule has 61 heavy (non-hydrogen) atoms. The van der Waals surface area contributed by atoms with Crippen molar-refractivity contribution in [3.05, 3.63) is 110 Å². The predicted molar refractivity (Wildman–Crippen MR) is 224 cm³/mol. The number of nitrogens with one attached hydrogen (secondary N) is 3. The molecule has 1 aromatic heterocycles. The number of aromatic nitrogens is 1. The van der Waals surface area contributed by atoms with E-state index in [2.05, 4.69) is 33.5 Å². The molecule has 0 unspecified atom stereocenters. The third-order valence-corrected chi connectivity index (χ3v) is 11.5. The summed E-state index contributed by atoms with van der Waals surface area (Å²) in [6.45, 7) is 11.4. The molecule has 0 radical (unpaired) electrons. The predicted octanol–water partition coefficient (Wildman–Crippen LogP) is 3.03. The van der Waals surface area contributed by atoms with E-state index in [0.717, 1.165) is 11.6 Å². The van der Waals surface area contributed by atoms with Gasteiger partial charge in [-0.25, -0.2) is 18.1 Å². The number of carbonyl (C=O) groups is 4. The highest BCUT2D eigenvalue weighted by Crippen LogP contribution is 2.45. The Morgan fingerprint density at radius 3 is 2.34 bits per heavy atom. The van der Waals surface area contributed by atoms with Gasteiger partial charge in [0.2, 0.25) is 17.7 Å². The van der Waals surface area contributed by atoms with Crippen LogP contribution in [0.2, 0.25) is 0 Å². The summed E-state index contributed by atoms with van der Waals surface area (Å²) in [5.74, 6) is -2.99. The molecule has 3 N–H and O–H groups in total. The lowest BCUT2D eigenvalue weighted by Crippen LogP contribution is -2.57.